The van der Waals surface area contributed by atoms with E-state index in [1.54, 1.807) is 18.5 Å². The topological polar surface area (TPSA) is 114 Å². The molecule has 5 N–H and O–H groups in total. The quantitative estimate of drug-likeness (QED) is 0.712. The zero-order valence-corrected chi connectivity index (χ0v) is 16.5. The van der Waals surface area contributed by atoms with Crippen LogP contribution in [-0.2, 0) is 0 Å². The van der Waals surface area contributed by atoms with Gasteiger partial charge in [-0.3, -0.25) is 0 Å². The molecule has 2 aromatic heterocycles. The Morgan fingerprint density at radius 2 is 1.96 bits per heavy atom. The summed E-state index contributed by atoms with van der Waals surface area (Å²) in [6.07, 6.45) is 8.38. The number of nitrogen functional groups attached to an aromatic ring is 2. The number of anilines is 3. The molecule has 1 aliphatic heterocycles. The van der Waals surface area contributed by atoms with E-state index >= 15 is 0 Å². The van der Waals surface area contributed by atoms with Crippen LogP contribution in [0.3, 0.4) is 0 Å². The molecule has 3 heterocycles. The monoisotopic (exact) mass is 406 g/mol. The lowest BCUT2D eigenvalue weighted by Crippen LogP contribution is -2.39. The van der Waals surface area contributed by atoms with E-state index in [9.17, 15) is 5.11 Å². The predicted molar refractivity (Wildman–Crippen MR) is 108 cm³/mol. The number of hydrogen-bond donors (Lipinski definition) is 3. The summed E-state index contributed by atoms with van der Waals surface area (Å²) in [6, 6.07) is 1.78. The first-order valence-corrected chi connectivity index (χ1v) is 10.3. The summed E-state index contributed by atoms with van der Waals surface area (Å²) in [6.45, 7) is 1.83. The highest BCUT2D eigenvalue weighted by atomic mass is 35.5. The Kier molecular flexibility index (Phi) is 5.05. The van der Waals surface area contributed by atoms with Crippen molar-refractivity contribution in [1.29, 1.82) is 0 Å². The number of pyridine rings is 1. The zero-order chi connectivity index (χ0) is 19.0. The largest absolute Gasteiger partial charge is 0.393 e. The Morgan fingerprint density at radius 3 is 2.63 bits per heavy atom. The molecule has 27 heavy (non-hydrogen) atoms. The molecule has 1 aliphatic carbocycles. The standard InChI is InChI=1S/C18H23ClN6OS/c19-14-12(2-6-22-15(14)20)27-17-16(21)24-13(10-23-17)25-7-4-18(5-8-25)3-1-11(26)9-18/h2,6,10-11,26H,1,3-5,7-9H2,(H2,20,22)(H2,21,24). The van der Waals surface area contributed by atoms with Gasteiger partial charge >= 0.3 is 0 Å². The Morgan fingerprint density at radius 1 is 1.19 bits per heavy atom. The first kappa shape index (κ1) is 18.6. The molecule has 1 saturated carbocycles. The molecule has 4 rings (SSSR count). The fourth-order valence-electron chi connectivity index (χ4n) is 4.08. The second kappa shape index (κ2) is 7.33. The number of aliphatic hydroxyl groups excluding tert-OH is 1. The van der Waals surface area contributed by atoms with Crippen LogP contribution in [0.1, 0.15) is 32.1 Å². The van der Waals surface area contributed by atoms with Gasteiger partial charge < -0.3 is 21.5 Å². The third-order valence-corrected chi connectivity index (χ3v) is 7.24. The van der Waals surface area contributed by atoms with E-state index < -0.39 is 0 Å². The number of nitrogens with zero attached hydrogens (tertiary/aromatic N) is 4. The summed E-state index contributed by atoms with van der Waals surface area (Å²) < 4.78 is 0. The molecule has 1 atom stereocenters. The number of rotatable bonds is 3. The van der Waals surface area contributed by atoms with Gasteiger partial charge in [0.2, 0.25) is 0 Å². The summed E-state index contributed by atoms with van der Waals surface area (Å²) >= 11 is 7.52. The van der Waals surface area contributed by atoms with Crippen LogP contribution in [0.25, 0.3) is 0 Å². The van der Waals surface area contributed by atoms with Gasteiger partial charge in [-0.25, -0.2) is 15.0 Å². The van der Waals surface area contributed by atoms with E-state index in [-0.39, 0.29) is 11.9 Å². The molecule has 2 fully saturated rings. The molecular formula is C18H23ClN6OS. The molecule has 1 unspecified atom stereocenters. The van der Waals surface area contributed by atoms with Gasteiger partial charge in [0.05, 0.1) is 17.3 Å². The summed E-state index contributed by atoms with van der Waals surface area (Å²) in [5.74, 6) is 1.45. The predicted octanol–water partition coefficient (Wildman–Crippen LogP) is 2.97. The molecule has 1 saturated heterocycles. The minimum atomic E-state index is -0.127. The highest BCUT2D eigenvalue weighted by molar-refractivity contribution is 7.99. The number of halogens is 1. The van der Waals surface area contributed by atoms with Gasteiger partial charge in [-0.2, -0.15) is 0 Å². The van der Waals surface area contributed by atoms with E-state index in [0.29, 0.717) is 21.3 Å². The van der Waals surface area contributed by atoms with E-state index in [1.165, 1.54) is 11.8 Å². The first-order valence-electron chi connectivity index (χ1n) is 9.09. The molecule has 0 amide bonds. The molecular weight excluding hydrogens is 384 g/mol. The van der Waals surface area contributed by atoms with Crippen molar-refractivity contribution in [2.24, 2.45) is 5.41 Å². The third-order valence-electron chi connectivity index (χ3n) is 5.66. The molecule has 0 bridgehead atoms. The van der Waals surface area contributed by atoms with Gasteiger partial charge in [-0.05, 0) is 43.6 Å². The molecule has 2 aromatic rings. The summed E-state index contributed by atoms with van der Waals surface area (Å²) in [5.41, 5.74) is 12.2. The van der Waals surface area contributed by atoms with Gasteiger partial charge in [0.15, 0.2) is 5.82 Å². The SMILES string of the molecule is Nc1nc(N2CCC3(CCC(O)C3)CC2)cnc1Sc1ccnc(N)c1Cl. The van der Waals surface area contributed by atoms with Gasteiger partial charge in [0.25, 0.3) is 0 Å². The summed E-state index contributed by atoms with van der Waals surface area (Å²) in [4.78, 5) is 16.0. The van der Waals surface area contributed by atoms with Crippen molar-refractivity contribution >= 4 is 40.8 Å². The van der Waals surface area contributed by atoms with E-state index in [4.69, 9.17) is 23.1 Å². The third kappa shape index (κ3) is 3.79. The Hall–Kier alpha value is -1.77. The van der Waals surface area contributed by atoms with Crippen LogP contribution in [0.4, 0.5) is 17.5 Å². The Labute approximate surface area is 167 Å². The molecule has 2 aliphatic rings. The highest BCUT2D eigenvalue weighted by Crippen LogP contribution is 2.46. The molecule has 0 aromatic carbocycles. The van der Waals surface area contributed by atoms with Crippen LogP contribution in [0.2, 0.25) is 5.02 Å². The number of piperidine rings is 1. The molecule has 144 valence electrons. The summed E-state index contributed by atoms with van der Waals surface area (Å²) in [7, 11) is 0. The maximum absolute atomic E-state index is 9.88. The lowest BCUT2D eigenvalue weighted by Gasteiger charge is -2.39. The van der Waals surface area contributed by atoms with Crippen molar-refractivity contribution in [3.8, 4) is 0 Å². The minimum Gasteiger partial charge on any atom is -0.393 e. The van der Waals surface area contributed by atoms with Crippen LogP contribution in [0, 0.1) is 5.41 Å². The molecule has 7 nitrogen and oxygen atoms in total. The average molecular weight is 407 g/mol. The zero-order valence-electron chi connectivity index (χ0n) is 14.9. The van der Waals surface area contributed by atoms with Crippen molar-refractivity contribution in [3.63, 3.8) is 0 Å². The van der Waals surface area contributed by atoms with Gasteiger partial charge in [0, 0.05) is 24.2 Å². The van der Waals surface area contributed by atoms with Crippen molar-refractivity contribution in [1.82, 2.24) is 15.0 Å². The van der Waals surface area contributed by atoms with Crippen LogP contribution in [-0.4, -0.2) is 39.3 Å². The van der Waals surface area contributed by atoms with Gasteiger partial charge in [-0.15, -0.1) is 0 Å². The van der Waals surface area contributed by atoms with E-state index in [0.717, 1.165) is 55.9 Å². The summed E-state index contributed by atoms with van der Waals surface area (Å²) in [5, 5.41) is 10.9. The van der Waals surface area contributed by atoms with E-state index in [2.05, 4.69) is 19.9 Å². The van der Waals surface area contributed by atoms with Crippen LogP contribution < -0.4 is 16.4 Å². The minimum absolute atomic E-state index is 0.127. The van der Waals surface area contributed by atoms with Crippen molar-refractivity contribution in [3.05, 3.63) is 23.5 Å². The number of hydrogen-bond acceptors (Lipinski definition) is 8. The number of aromatic nitrogens is 3. The van der Waals surface area contributed by atoms with Crippen LogP contribution in [0.5, 0.6) is 0 Å². The van der Waals surface area contributed by atoms with Gasteiger partial charge in [0.1, 0.15) is 16.7 Å². The smallest absolute Gasteiger partial charge is 0.158 e. The van der Waals surface area contributed by atoms with Crippen molar-refractivity contribution < 1.29 is 5.11 Å². The second-order valence-corrected chi connectivity index (χ2v) is 8.82. The Balaban J connectivity index is 1.45. The second-order valence-electron chi connectivity index (χ2n) is 7.41. The van der Waals surface area contributed by atoms with E-state index in [1.807, 2.05) is 0 Å². The fraction of sp³-hybridized carbons (Fsp3) is 0.500. The normalized spacial score (nSPS) is 21.7. The lowest BCUT2D eigenvalue weighted by atomic mass is 9.77. The van der Waals surface area contributed by atoms with Crippen LogP contribution in [0.15, 0.2) is 28.4 Å². The molecule has 1 spiro atoms. The molecule has 9 heteroatoms. The maximum atomic E-state index is 9.88. The fourth-order valence-corrected chi connectivity index (χ4v) is 5.09. The van der Waals surface area contributed by atoms with Crippen molar-refractivity contribution in [2.45, 2.75) is 48.1 Å². The lowest BCUT2D eigenvalue weighted by molar-refractivity contribution is 0.144. The van der Waals surface area contributed by atoms with Crippen LogP contribution >= 0.6 is 23.4 Å². The Bertz CT molecular complexity index is 843. The van der Waals surface area contributed by atoms with Crippen molar-refractivity contribution in [2.75, 3.05) is 29.5 Å². The number of aliphatic hydroxyl groups is 1. The van der Waals surface area contributed by atoms with Gasteiger partial charge in [-0.1, -0.05) is 23.4 Å². The maximum Gasteiger partial charge on any atom is 0.158 e. The number of nitrogens with two attached hydrogens (primary N) is 2. The first-order chi connectivity index (χ1) is 13.0. The average Bonchev–Trinajstić information content (AvgIpc) is 3.01. The molecule has 0 radical (unpaired) electrons. The highest BCUT2D eigenvalue weighted by Gasteiger charge is 2.41.